The first kappa shape index (κ1) is 12.8. The van der Waals surface area contributed by atoms with E-state index in [2.05, 4.69) is 20.8 Å². The molecule has 0 spiro atoms. The molecule has 0 bridgehead atoms. The van der Waals surface area contributed by atoms with Gasteiger partial charge in [0, 0.05) is 11.5 Å². The first-order valence-corrected chi connectivity index (χ1v) is 7.06. The Morgan fingerprint density at radius 3 is 2.74 bits per heavy atom. The molecule has 104 valence electrons. The predicted molar refractivity (Wildman–Crippen MR) is 73.6 cm³/mol. The van der Waals surface area contributed by atoms with Crippen LogP contribution in [-0.2, 0) is 4.74 Å². The lowest BCUT2D eigenvalue weighted by Crippen LogP contribution is -2.48. The summed E-state index contributed by atoms with van der Waals surface area (Å²) in [5.41, 5.74) is 1.62. The maximum absolute atomic E-state index is 9.95. The molecule has 2 aliphatic heterocycles. The van der Waals surface area contributed by atoms with Gasteiger partial charge in [-0.2, -0.15) is 0 Å². The van der Waals surface area contributed by atoms with Crippen molar-refractivity contribution in [2.45, 2.75) is 58.3 Å². The number of phenolic OH excluding ortho intramolecular Hbond substituents is 1. The molecule has 1 saturated heterocycles. The number of hydrogen-bond acceptors (Lipinski definition) is 3. The molecule has 1 aromatic rings. The van der Waals surface area contributed by atoms with E-state index in [4.69, 9.17) is 9.47 Å². The van der Waals surface area contributed by atoms with Crippen LogP contribution in [0.4, 0.5) is 0 Å². The fourth-order valence-electron chi connectivity index (χ4n) is 3.34. The predicted octanol–water partition coefficient (Wildman–Crippen LogP) is 3.73. The van der Waals surface area contributed by atoms with Gasteiger partial charge in [0.05, 0.1) is 12.2 Å². The molecular formula is C16H22O3. The third kappa shape index (κ3) is 2.00. The molecule has 2 aliphatic rings. The van der Waals surface area contributed by atoms with Crippen molar-refractivity contribution in [1.82, 2.24) is 0 Å². The molecule has 3 heteroatoms. The normalized spacial score (nSPS) is 32.1. The summed E-state index contributed by atoms with van der Waals surface area (Å²) in [4.78, 5) is 0. The summed E-state index contributed by atoms with van der Waals surface area (Å²) in [5.74, 6) is 1.52. The molecule has 3 nitrogen and oxygen atoms in total. The Hall–Kier alpha value is -1.22. The molecule has 0 unspecified atom stereocenters. The minimum absolute atomic E-state index is 0.0361. The molecule has 0 saturated carbocycles. The smallest absolute Gasteiger partial charge is 0.126 e. The molecule has 0 amide bonds. The van der Waals surface area contributed by atoms with E-state index in [-0.39, 0.29) is 17.8 Å². The number of hydrogen-bond donors (Lipinski definition) is 1. The Morgan fingerprint density at radius 2 is 2.00 bits per heavy atom. The van der Waals surface area contributed by atoms with Crippen LogP contribution < -0.4 is 4.74 Å². The molecule has 19 heavy (non-hydrogen) atoms. The lowest BCUT2D eigenvalue weighted by atomic mass is 9.75. The zero-order valence-electron chi connectivity index (χ0n) is 12.1. The number of rotatable bonds is 0. The van der Waals surface area contributed by atoms with E-state index in [1.165, 1.54) is 0 Å². The topological polar surface area (TPSA) is 38.7 Å². The molecule has 3 rings (SSSR count). The second-order valence-corrected chi connectivity index (χ2v) is 6.43. The van der Waals surface area contributed by atoms with E-state index < -0.39 is 0 Å². The minimum Gasteiger partial charge on any atom is -0.508 e. The Balaban J connectivity index is 2.10. The highest BCUT2D eigenvalue weighted by atomic mass is 16.5. The summed E-state index contributed by atoms with van der Waals surface area (Å²) >= 11 is 0. The SMILES string of the molecule is Cc1cc2c(cc1O)[C@H]1O[C@@H](C)CC[C@@H]1C(C)(C)O2. The van der Waals surface area contributed by atoms with Crippen LogP contribution in [0, 0.1) is 12.8 Å². The van der Waals surface area contributed by atoms with Gasteiger partial charge in [-0.05, 0) is 58.2 Å². The van der Waals surface area contributed by atoms with Crippen LogP contribution in [0.15, 0.2) is 12.1 Å². The Morgan fingerprint density at radius 1 is 1.26 bits per heavy atom. The Bertz CT molecular complexity index is 507. The van der Waals surface area contributed by atoms with Gasteiger partial charge < -0.3 is 14.6 Å². The number of fused-ring (bicyclic) bond motifs is 3. The molecule has 1 fully saturated rings. The van der Waals surface area contributed by atoms with Crippen molar-refractivity contribution in [3.63, 3.8) is 0 Å². The molecule has 1 aromatic carbocycles. The van der Waals surface area contributed by atoms with Crippen molar-refractivity contribution in [2.24, 2.45) is 5.92 Å². The van der Waals surface area contributed by atoms with Gasteiger partial charge >= 0.3 is 0 Å². The van der Waals surface area contributed by atoms with Crippen LogP contribution in [0.5, 0.6) is 11.5 Å². The lowest BCUT2D eigenvalue weighted by molar-refractivity contribution is -0.144. The largest absolute Gasteiger partial charge is 0.508 e. The highest BCUT2D eigenvalue weighted by Gasteiger charge is 2.47. The zero-order valence-corrected chi connectivity index (χ0v) is 12.1. The van der Waals surface area contributed by atoms with Gasteiger partial charge in [-0.3, -0.25) is 0 Å². The van der Waals surface area contributed by atoms with Crippen LogP contribution in [0.1, 0.15) is 50.8 Å². The number of phenols is 1. The van der Waals surface area contributed by atoms with Gasteiger partial charge in [0.15, 0.2) is 0 Å². The Labute approximate surface area is 114 Å². The van der Waals surface area contributed by atoms with Crippen molar-refractivity contribution < 1.29 is 14.6 Å². The average Bonchev–Trinajstić information content (AvgIpc) is 2.31. The minimum atomic E-state index is -0.221. The van der Waals surface area contributed by atoms with Crippen LogP contribution >= 0.6 is 0 Å². The fraction of sp³-hybridized carbons (Fsp3) is 0.625. The molecular weight excluding hydrogens is 240 g/mol. The van der Waals surface area contributed by atoms with Crippen LogP contribution in [0.3, 0.4) is 0 Å². The van der Waals surface area contributed by atoms with Crippen LogP contribution in [0.25, 0.3) is 0 Å². The molecule has 0 aromatic heterocycles. The van der Waals surface area contributed by atoms with Gasteiger partial charge in [-0.1, -0.05) is 0 Å². The summed E-state index contributed by atoms with van der Waals surface area (Å²) in [6, 6.07) is 3.74. The molecule has 0 aliphatic carbocycles. The van der Waals surface area contributed by atoms with E-state index in [1.54, 1.807) is 0 Å². The monoisotopic (exact) mass is 262 g/mol. The third-order valence-corrected chi connectivity index (χ3v) is 4.53. The highest BCUT2D eigenvalue weighted by molar-refractivity contribution is 5.48. The second kappa shape index (κ2) is 4.14. The van der Waals surface area contributed by atoms with Crippen LogP contribution in [-0.4, -0.2) is 16.8 Å². The first-order chi connectivity index (χ1) is 8.88. The van der Waals surface area contributed by atoms with Gasteiger partial charge in [-0.25, -0.2) is 0 Å². The van der Waals surface area contributed by atoms with Gasteiger partial charge in [-0.15, -0.1) is 0 Å². The number of aryl methyl sites for hydroxylation is 1. The molecule has 0 radical (unpaired) electrons. The lowest BCUT2D eigenvalue weighted by Gasteiger charge is -2.48. The Kier molecular flexibility index (Phi) is 2.79. The third-order valence-electron chi connectivity index (χ3n) is 4.53. The summed E-state index contributed by atoms with van der Waals surface area (Å²) in [6.07, 6.45) is 2.48. The second-order valence-electron chi connectivity index (χ2n) is 6.43. The zero-order chi connectivity index (χ0) is 13.8. The standard InChI is InChI=1S/C16H22O3/c1-9-7-14-11(8-13(9)17)15-12(16(3,4)19-14)6-5-10(2)18-15/h7-8,10,12,15,17H,5-6H2,1-4H3/t10-,12-,15+/m0/s1. The van der Waals surface area contributed by atoms with Crippen molar-refractivity contribution in [1.29, 1.82) is 0 Å². The van der Waals surface area contributed by atoms with Gasteiger partial charge in [0.25, 0.3) is 0 Å². The summed E-state index contributed by atoms with van der Waals surface area (Å²) < 4.78 is 12.3. The average molecular weight is 262 g/mol. The number of ether oxygens (including phenoxy) is 2. The first-order valence-electron chi connectivity index (χ1n) is 7.06. The quantitative estimate of drug-likeness (QED) is 0.774. The van der Waals surface area contributed by atoms with Gasteiger partial charge in [0.1, 0.15) is 17.1 Å². The van der Waals surface area contributed by atoms with E-state index in [9.17, 15) is 5.11 Å². The highest BCUT2D eigenvalue weighted by Crippen LogP contribution is 2.51. The van der Waals surface area contributed by atoms with Crippen molar-refractivity contribution in [2.75, 3.05) is 0 Å². The van der Waals surface area contributed by atoms with E-state index in [0.717, 1.165) is 29.7 Å². The fourth-order valence-corrected chi connectivity index (χ4v) is 3.34. The van der Waals surface area contributed by atoms with Crippen molar-refractivity contribution in [3.8, 4) is 11.5 Å². The van der Waals surface area contributed by atoms with E-state index >= 15 is 0 Å². The van der Waals surface area contributed by atoms with Crippen molar-refractivity contribution >= 4 is 0 Å². The number of benzene rings is 1. The van der Waals surface area contributed by atoms with E-state index in [0.29, 0.717) is 11.7 Å². The maximum Gasteiger partial charge on any atom is 0.126 e. The molecule has 2 heterocycles. The maximum atomic E-state index is 9.95. The van der Waals surface area contributed by atoms with Gasteiger partial charge in [0.2, 0.25) is 0 Å². The van der Waals surface area contributed by atoms with E-state index in [1.807, 2.05) is 19.1 Å². The van der Waals surface area contributed by atoms with Crippen molar-refractivity contribution in [3.05, 3.63) is 23.3 Å². The molecule has 3 atom stereocenters. The summed E-state index contributed by atoms with van der Waals surface area (Å²) in [5, 5.41) is 9.95. The number of aromatic hydroxyl groups is 1. The van der Waals surface area contributed by atoms with Crippen LogP contribution in [0.2, 0.25) is 0 Å². The summed E-state index contributed by atoms with van der Waals surface area (Å²) in [6.45, 7) is 8.28. The molecule has 1 N–H and O–H groups in total. The summed E-state index contributed by atoms with van der Waals surface area (Å²) in [7, 11) is 0.